The topological polar surface area (TPSA) is 89.4 Å². The van der Waals surface area contributed by atoms with Crippen molar-refractivity contribution in [1.82, 2.24) is 4.90 Å². The number of carbonyl (C=O) groups is 2. The minimum absolute atomic E-state index is 0.0330. The van der Waals surface area contributed by atoms with Crippen molar-refractivity contribution in [2.75, 3.05) is 18.1 Å². The number of nitrogens with two attached hydrogens (primary N) is 2. The Bertz CT molecular complexity index is 878. The number of thiol groups is 1. The van der Waals surface area contributed by atoms with Gasteiger partial charge in [0.2, 0.25) is 5.91 Å². The number of unbranched alkanes of at least 4 members (excludes halogenated alkanes) is 1. The van der Waals surface area contributed by atoms with Crippen molar-refractivity contribution in [3.63, 3.8) is 0 Å². The van der Waals surface area contributed by atoms with E-state index in [1.807, 2.05) is 62.4 Å². The Hall–Kier alpha value is -1.80. The van der Waals surface area contributed by atoms with Gasteiger partial charge in [-0.05, 0) is 36.9 Å². The van der Waals surface area contributed by atoms with Gasteiger partial charge in [-0.15, -0.1) is 0 Å². The lowest BCUT2D eigenvalue weighted by atomic mass is 9.90. The molecule has 7 heteroatoms. The van der Waals surface area contributed by atoms with Gasteiger partial charge in [-0.3, -0.25) is 9.59 Å². The summed E-state index contributed by atoms with van der Waals surface area (Å²) < 4.78 is 0. The summed E-state index contributed by atoms with van der Waals surface area (Å²) in [6.45, 7) is 4.84. The Kier molecular flexibility index (Phi) is 12.2. The molecule has 0 spiro atoms. The van der Waals surface area contributed by atoms with E-state index in [1.165, 1.54) is 5.56 Å². The molecule has 2 atom stereocenters. The molecule has 186 valence electrons. The van der Waals surface area contributed by atoms with Gasteiger partial charge in [0.1, 0.15) is 0 Å². The van der Waals surface area contributed by atoms with E-state index in [1.54, 1.807) is 16.7 Å². The first-order chi connectivity index (χ1) is 16.3. The second-order valence-electron chi connectivity index (χ2n) is 9.27. The highest BCUT2D eigenvalue weighted by Gasteiger charge is 2.39. The number of ketones is 1. The minimum atomic E-state index is -0.715. The molecule has 0 radical (unpaired) electrons. The summed E-state index contributed by atoms with van der Waals surface area (Å²) in [5.41, 5.74) is 13.4. The van der Waals surface area contributed by atoms with E-state index in [9.17, 15) is 9.59 Å². The molecule has 2 rings (SSSR count). The van der Waals surface area contributed by atoms with Crippen molar-refractivity contribution in [3.05, 3.63) is 71.8 Å². The molecule has 0 aliphatic heterocycles. The van der Waals surface area contributed by atoms with Crippen LogP contribution in [0, 0.1) is 5.41 Å². The average Bonchev–Trinajstić information content (AvgIpc) is 2.85. The van der Waals surface area contributed by atoms with Gasteiger partial charge in [-0.1, -0.05) is 74.5 Å². The molecule has 0 saturated carbocycles. The standard InChI is InChI=1S/C27H39N3O2S2/c1-27(2,20-34-19-22-13-7-4-8-14-22)26(32)30(17-21-11-5-3-6-12-21)24(15-9-10-16-28)25(31)23(29)18-33/h3-8,11-14,23-24,33H,9-10,15-20,28-29H2,1-2H3/t23-,24-/m0/s1. The molecular formula is C27H39N3O2S2. The Morgan fingerprint density at radius 3 is 2.15 bits per heavy atom. The van der Waals surface area contributed by atoms with Gasteiger partial charge in [-0.25, -0.2) is 0 Å². The fourth-order valence-corrected chi connectivity index (χ4v) is 5.17. The molecule has 2 aromatic rings. The third kappa shape index (κ3) is 8.77. The Labute approximate surface area is 214 Å². The largest absolute Gasteiger partial charge is 0.330 e. The van der Waals surface area contributed by atoms with E-state index in [2.05, 4.69) is 24.8 Å². The number of benzene rings is 2. The third-order valence-electron chi connectivity index (χ3n) is 5.81. The van der Waals surface area contributed by atoms with Crippen molar-refractivity contribution in [2.24, 2.45) is 16.9 Å². The highest BCUT2D eigenvalue weighted by Crippen LogP contribution is 2.30. The van der Waals surface area contributed by atoms with Crippen LogP contribution in [-0.2, 0) is 21.9 Å². The van der Waals surface area contributed by atoms with Gasteiger partial charge < -0.3 is 16.4 Å². The summed E-state index contributed by atoms with van der Waals surface area (Å²) in [7, 11) is 0. The molecule has 2 aromatic carbocycles. The first-order valence-electron chi connectivity index (χ1n) is 11.9. The van der Waals surface area contributed by atoms with E-state index in [0.29, 0.717) is 25.3 Å². The third-order valence-corrected chi connectivity index (χ3v) is 7.67. The maximum atomic E-state index is 14.0. The highest BCUT2D eigenvalue weighted by molar-refractivity contribution is 7.98. The lowest BCUT2D eigenvalue weighted by Gasteiger charge is -2.38. The molecule has 0 bridgehead atoms. The summed E-state index contributed by atoms with van der Waals surface area (Å²) in [4.78, 5) is 29.1. The molecule has 0 aromatic heterocycles. The van der Waals surface area contributed by atoms with Crippen molar-refractivity contribution in [2.45, 2.75) is 57.5 Å². The maximum absolute atomic E-state index is 14.0. The number of carbonyl (C=O) groups excluding carboxylic acids is 2. The fourth-order valence-electron chi connectivity index (χ4n) is 3.82. The van der Waals surface area contributed by atoms with Crippen molar-refractivity contribution in [1.29, 1.82) is 0 Å². The molecule has 0 unspecified atom stereocenters. The number of rotatable bonds is 15. The van der Waals surface area contributed by atoms with Crippen LogP contribution in [0.2, 0.25) is 0 Å². The van der Waals surface area contributed by atoms with E-state index in [4.69, 9.17) is 11.5 Å². The summed E-state index contributed by atoms with van der Waals surface area (Å²) in [6.07, 6.45) is 2.10. The Morgan fingerprint density at radius 1 is 1.00 bits per heavy atom. The summed E-state index contributed by atoms with van der Waals surface area (Å²) in [5.74, 6) is 1.56. The van der Waals surface area contributed by atoms with Crippen LogP contribution in [-0.4, -0.2) is 46.7 Å². The van der Waals surface area contributed by atoms with Gasteiger partial charge in [-0.2, -0.15) is 24.4 Å². The zero-order valence-electron chi connectivity index (χ0n) is 20.4. The predicted molar refractivity (Wildman–Crippen MR) is 147 cm³/mol. The van der Waals surface area contributed by atoms with Gasteiger partial charge in [0.15, 0.2) is 5.78 Å². The van der Waals surface area contributed by atoms with Gasteiger partial charge in [0.05, 0.1) is 17.5 Å². The quantitative estimate of drug-likeness (QED) is 0.250. The maximum Gasteiger partial charge on any atom is 0.229 e. The minimum Gasteiger partial charge on any atom is -0.330 e. The lowest BCUT2D eigenvalue weighted by Crippen LogP contribution is -2.54. The van der Waals surface area contributed by atoms with Crippen LogP contribution < -0.4 is 11.5 Å². The number of hydrogen-bond acceptors (Lipinski definition) is 6. The average molecular weight is 502 g/mol. The Balaban J connectivity index is 2.27. The lowest BCUT2D eigenvalue weighted by molar-refractivity contribution is -0.147. The molecule has 34 heavy (non-hydrogen) atoms. The van der Waals surface area contributed by atoms with E-state index in [-0.39, 0.29) is 17.4 Å². The van der Waals surface area contributed by atoms with E-state index >= 15 is 0 Å². The van der Waals surface area contributed by atoms with Crippen LogP contribution in [0.15, 0.2) is 60.7 Å². The molecule has 0 aliphatic carbocycles. The van der Waals surface area contributed by atoms with Crippen LogP contribution >= 0.6 is 24.4 Å². The predicted octanol–water partition coefficient (Wildman–Crippen LogP) is 4.30. The molecule has 1 amide bonds. The monoisotopic (exact) mass is 501 g/mol. The van der Waals surface area contributed by atoms with Crippen LogP contribution in [0.4, 0.5) is 0 Å². The number of nitrogens with zero attached hydrogens (tertiary/aromatic N) is 1. The van der Waals surface area contributed by atoms with Crippen LogP contribution in [0.3, 0.4) is 0 Å². The number of thioether (sulfide) groups is 1. The highest BCUT2D eigenvalue weighted by atomic mass is 32.2. The first kappa shape index (κ1) is 28.4. The van der Waals surface area contributed by atoms with Gasteiger partial charge >= 0.3 is 0 Å². The number of Topliss-reactive ketones (excluding diaryl/α,β-unsaturated/α-hetero) is 1. The summed E-state index contributed by atoms with van der Waals surface area (Å²) >= 11 is 5.98. The zero-order chi connectivity index (χ0) is 25.0. The molecule has 5 nitrogen and oxygen atoms in total. The molecule has 4 N–H and O–H groups in total. The van der Waals surface area contributed by atoms with Gasteiger partial charge in [0, 0.05) is 23.8 Å². The van der Waals surface area contributed by atoms with Crippen molar-refractivity contribution < 1.29 is 9.59 Å². The summed E-state index contributed by atoms with van der Waals surface area (Å²) in [5, 5.41) is 0. The summed E-state index contributed by atoms with van der Waals surface area (Å²) in [6, 6.07) is 18.7. The van der Waals surface area contributed by atoms with Crippen LogP contribution in [0.1, 0.15) is 44.2 Å². The van der Waals surface area contributed by atoms with Crippen LogP contribution in [0.25, 0.3) is 0 Å². The second-order valence-corrected chi connectivity index (χ2v) is 10.6. The fraction of sp³-hybridized carbons (Fsp3) is 0.481. The molecular weight excluding hydrogens is 462 g/mol. The Morgan fingerprint density at radius 2 is 1.59 bits per heavy atom. The normalized spacial score (nSPS) is 13.3. The molecule has 0 fully saturated rings. The molecule has 0 aliphatic rings. The SMILES string of the molecule is CC(C)(CSCc1ccccc1)C(=O)N(Cc1ccccc1)[C@@H](CCCCN)C(=O)[C@@H](N)CS. The first-order valence-corrected chi connectivity index (χ1v) is 13.7. The van der Waals surface area contributed by atoms with E-state index in [0.717, 1.165) is 24.2 Å². The van der Waals surface area contributed by atoms with Crippen molar-refractivity contribution in [3.8, 4) is 0 Å². The van der Waals surface area contributed by atoms with Crippen LogP contribution in [0.5, 0.6) is 0 Å². The molecule has 0 heterocycles. The zero-order valence-corrected chi connectivity index (χ0v) is 22.1. The van der Waals surface area contributed by atoms with Gasteiger partial charge in [0.25, 0.3) is 0 Å². The second kappa shape index (κ2) is 14.6. The smallest absolute Gasteiger partial charge is 0.229 e. The van der Waals surface area contributed by atoms with Crippen molar-refractivity contribution >= 4 is 36.1 Å². The number of amides is 1. The molecule has 0 saturated heterocycles. The number of hydrogen-bond donors (Lipinski definition) is 3. The van der Waals surface area contributed by atoms with E-state index < -0.39 is 17.5 Å².